The van der Waals surface area contributed by atoms with E-state index in [-0.39, 0.29) is 6.54 Å². The minimum atomic E-state index is -3.98. The second-order valence-corrected chi connectivity index (χ2v) is 2.91. The van der Waals surface area contributed by atoms with E-state index in [9.17, 15) is 13.2 Å². The summed E-state index contributed by atoms with van der Waals surface area (Å²) in [7, 11) is 0. The van der Waals surface area contributed by atoms with Crippen LogP contribution < -0.4 is 0 Å². The molecule has 0 saturated carbocycles. The molecule has 0 aromatic heterocycles. The van der Waals surface area contributed by atoms with E-state index in [1.807, 2.05) is 18.7 Å². The first-order valence-corrected chi connectivity index (χ1v) is 4.87. The molecule has 4 heteroatoms. The van der Waals surface area contributed by atoms with Gasteiger partial charge < -0.3 is 4.90 Å². The summed E-state index contributed by atoms with van der Waals surface area (Å²) in [5.41, 5.74) is 0. The molecule has 1 heterocycles. The Morgan fingerprint density at radius 3 is 1.92 bits per heavy atom. The highest BCUT2D eigenvalue weighted by atomic mass is 19.4. The molecule has 1 fully saturated rings. The molecule has 1 nitrogen and oxygen atoms in total. The van der Waals surface area contributed by atoms with Crippen LogP contribution in [-0.4, -0.2) is 30.7 Å². The lowest BCUT2D eigenvalue weighted by Gasteiger charge is -2.15. The normalized spacial score (nSPS) is 18.2. The summed E-state index contributed by atoms with van der Waals surface area (Å²) in [6, 6.07) is 0. The molecular weight excluding hydrogens is 179 g/mol. The molecule has 0 amide bonds. The lowest BCUT2D eigenvalue weighted by atomic mass is 10.4. The highest BCUT2D eigenvalue weighted by molar-refractivity contribution is 4.67. The van der Waals surface area contributed by atoms with Crippen molar-refractivity contribution in [2.45, 2.75) is 39.3 Å². The number of halogens is 3. The second-order valence-electron chi connectivity index (χ2n) is 2.91. The molecule has 1 aliphatic rings. The van der Waals surface area contributed by atoms with E-state index in [1.54, 1.807) is 0 Å². The monoisotopic (exact) mass is 197 g/mol. The van der Waals surface area contributed by atoms with E-state index in [0.717, 1.165) is 25.9 Å². The van der Waals surface area contributed by atoms with E-state index >= 15 is 0 Å². The van der Waals surface area contributed by atoms with Crippen LogP contribution in [0.1, 0.15) is 33.1 Å². The van der Waals surface area contributed by atoms with Crippen LogP contribution in [0.4, 0.5) is 13.2 Å². The van der Waals surface area contributed by atoms with Gasteiger partial charge in [-0.15, -0.1) is 0 Å². The molecular formula is C9H18F3N. The van der Waals surface area contributed by atoms with Crippen LogP contribution in [0.3, 0.4) is 0 Å². The second kappa shape index (κ2) is 6.24. The van der Waals surface area contributed by atoms with Gasteiger partial charge in [-0.05, 0) is 25.9 Å². The molecule has 1 saturated heterocycles. The molecule has 13 heavy (non-hydrogen) atoms. The van der Waals surface area contributed by atoms with Gasteiger partial charge in [0.1, 0.15) is 0 Å². The zero-order chi connectivity index (χ0) is 10.3. The van der Waals surface area contributed by atoms with Crippen LogP contribution in [0.25, 0.3) is 0 Å². The summed E-state index contributed by atoms with van der Waals surface area (Å²) in [6.45, 7) is 5.87. The van der Waals surface area contributed by atoms with Crippen molar-refractivity contribution >= 4 is 0 Å². The van der Waals surface area contributed by atoms with Crippen molar-refractivity contribution in [3.8, 4) is 0 Å². The molecule has 0 radical (unpaired) electrons. The van der Waals surface area contributed by atoms with Gasteiger partial charge >= 0.3 is 6.18 Å². The Hall–Kier alpha value is -0.250. The lowest BCUT2D eigenvalue weighted by molar-refractivity contribution is -0.137. The molecule has 0 N–H and O–H groups in total. The fourth-order valence-electron chi connectivity index (χ4n) is 1.29. The SMILES string of the molecule is CC.FC(F)(F)CCN1CCCC1. The van der Waals surface area contributed by atoms with E-state index < -0.39 is 12.6 Å². The fraction of sp³-hybridized carbons (Fsp3) is 1.00. The Kier molecular flexibility index (Phi) is 6.12. The molecule has 0 aromatic carbocycles. The number of hydrogen-bond acceptors (Lipinski definition) is 1. The number of likely N-dealkylation sites (tertiary alicyclic amines) is 1. The van der Waals surface area contributed by atoms with E-state index in [4.69, 9.17) is 0 Å². The average molecular weight is 197 g/mol. The van der Waals surface area contributed by atoms with Crippen molar-refractivity contribution in [1.82, 2.24) is 4.90 Å². The molecule has 0 aromatic rings. The molecule has 0 atom stereocenters. The van der Waals surface area contributed by atoms with Crippen LogP contribution in [0.2, 0.25) is 0 Å². The van der Waals surface area contributed by atoms with Crippen LogP contribution in [0, 0.1) is 0 Å². The van der Waals surface area contributed by atoms with E-state index in [2.05, 4.69) is 0 Å². The molecule has 0 aliphatic carbocycles. The third-order valence-electron chi connectivity index (χ3n) is 1.91. The van der Waals surface area contributed by atoms with Crippen molar-refractivity contribution in [3.63, 3.8) is 0 Å². The minimum Gasteiger partial charge on any atom is -0.303 e. The van der Waals surface area contributed by atoms with Gasteiger partial charge in [0.25, 0.3) is 0 Å². The maximum atomic E-state index is 11.7. The van der Waals surface area contributed by atoms with Crippen molar-refractivity contribution in [1.29, 1.82) is 0 Å². The Morgan fingerprint density at radius 1 is 1.08 bits per heavy atom. The largest absolute Gasteiger partial charge is 0.390 e. The molecule has 0 spiro atoms. The maximum Gasteiger partial charge on any atom is 0.390 e. The highest BCUT2D eigenvalue weighted by Crippen LogP contribution is 2.20. The quantitative estimate of drug-likeness (QED) is 0.657. The van der Waals surface area contributed by atoms with Crippen LogP contribution in [0.15, 0.2) is 0 Å². The highest BCUT2D eigenvalue weighted by Gasteiger charge is 2.28. The van der Waals surface area contributed by atoms with E-state index in [1.165, 1.54) is 0 Å². The molecule has 80 valence electrons. The lowest BCUT2D eigenvalue weighted by Crippen LogP contribution is -2.25. The predicted molar refractivity (Wildman–Crippen MR) is 47.7 cm³/mol. The Morgan fingerprint density at radius 2 is 1.54 bits per heavy atom. The van der Waals surface area contributed by atoms with E-state index in [0.29, 0.717) is 0 Å². The van der Waals surface area contributed by atoms with Gasteiger partial charge in [-0.25, -0.2) is 0 Å². The zero-order valence-corrected chi connectivity index (χ0v) is 8.32. The number of hydrogen-bond donors (Lipinski definition) is 0. The van der Waals surface area contributed by atoms with Crippen molar-refractivity contribution in [3.05, 3.63) is 0 Å². The first-order valence-electron chi connectivity index (χ1n) is 4.87. The topological polar surface area (TPSA) is 3.24 Å². The summed E-state index contributed by atoms with van der Waals surface area (Å²) in [6.07, 6.45) is -2.54. The summed E-state index contributed by atoms with van der Waals surface area (Å²) in [4.78, 5) is 1.87. The minimum absolute atomic E-state index is 0.184. The molecule has 0 unspecified atom stereocenters. The fourth-order valence-corrected chi connectivity index (χ4v) is 1.29. The Bertz CT molecular complexity index is 117. The number of nitrogens with zero attached hydrogens (tertiary/aromatic N) is 1. The Labute approximate surface area is 77.9 Å². The third-order valence-corrected chi connectivity index (χ3v) is 1.91. The zero-order valence-electron chi connectivity index (χ0n) is 8.32. The van der Waals surface area contributed by atoms with Gasteiger partial charge in [0.05, 0.1) is 6.42 Å². The smallest absolute Gasteiger partial charge is 0.303 e. The average Bonchev–Trinajstić information content (AvgIpc) is 2.55. The molecule has 0 bridgehead atoms. The van der Waals surface area contributed by atoms with Crippen molar-refractivity contribution in [2.75, 3.05) is 19.6 Å². The Balaban J connectivity index is 0.000000671. The maximum absolute atomic E-state index is 11.7. The summed E-state index contributed by atoms with van der Waals surface area (Å²) in [5, 5.41) is 0. The number of alkyl halides is 3. The third kappa shape index (κ3) is 6.87. The predicted octanol–water partition coefficient (Wildman–Crippen LogP) is 3.06. The van der Waals surface area contributed by atoms with Gasteiger partial charge in [0.2, 0.25) is 0 Å². The first-order chi connectivity index (χ1) is 6.08. The number of rotatable bonds is 2. The van der Waals surface area contributed by atoms with Gasteiger partial charge in [0.15, 0.2) is 0 Å². The van der Waals surface area contributed by atoms with Crippen LogP contribution in [0.5, 0.6) is 0 Å². The molecule has 1 rings (SSSR count). The van der Waals surface area contributed by atoms with Crippen molar-refractivity contribution < 1.29 is 13.2 Å². The molecule has 1 aliphatic heterocycles. The van der Waals surface area contributed by atoms with Crippen molar-refractivity contribution in [2.24, 2.45) is 0 Å². The van der Waals surface area contributed by atoms with Gasteiger partial charge in [-0.2, -0.15) is 13.2 Å². The van der Waals surface area contributed by atoms with Gasteiger partial charge in [-0.1, -0.05) is 13.8 Å². The van der Waals surface area contributed by atoms with Gasteiger partial charge in [0, 0.05) is 6.54 Å². The first kappa shape index (κ1) is 12.8. The van der Waals surface area contributed by atoms with Gasteiger partial charge in [-0.3, -0.25) is 0 Å². The standard InChI is InChI=1S/C7H12F3N.C2H6/c8-7(9,10)3-6-11-4-1-2-5-11;1-2/h1-6H2;1-2H3. The van der Waals surface area contributed by atoms with Crippen LogP contribution >= 0.6 is 0 Å². The van der Waals surface area contributed by atoms with Crippen LogP contribution in [-0.2, 0) is 0 Å². The summed E-state index contributed by atoms with van der Waals surface area (Å²) < 4.78 is 35.0. The summed E-state index contributed by atoms with van der Waals surface area (Å²) in [5.74, 6) is 0. The summed E-state index contributed by atoms with van der Waals surface area (Å²) >= 11 is 0.